The van der Waals surface area contributed by atoms with Crippen LogP contribution in [0, 0.1) is 5.41 Å². The standard InChI is InChI=1S/C28H37N7O8/c1-28(2,3)22(16-30-27(40)41)43-13-12-42-11-10-34-18(15-31-33-34)8-9-29-17-4-5-19-20(14-17)26(39)35(25(19)38)21-6-7-23(36)32-24(21)37/h4-5,14-15,21-22,29-30H,6-13,16H2,1-3H3,(H,40,41)(H,32,36,37). The molecule has 15 nitrogen and oxygen atoms in total. The number of nitrogens with zero attached hydrogens (tertiary/aromatic N) is 4. The van der Waals surface area contributed by atoms with Crippen LogP contribution in [0.3, 0.4) is 0 Å². The molecular formula is C28H37N7O8. The zero-order valence-electron chi connectivity index (χ0n) is 24.4. The number of hydrogen-bond acceptors (Lipinski definition) is 10. The van der Waals surface area contributed by atoms with E-state index in [4.69, 9.17) is 14.6 Å². The van der Waals surface area contributed by atoms with Crippen molar-refractivity contribution in [3.8, 4) is 0 Å². The number of carbonyl (C=O) groups is 5. The van der Waals surface area contributed by atoms with Crippen molar-refractivity contribution in [1.29, 1.82) is 0 Å². The van der Waals surface area contributed by atoms with Crippen molar-refractivity contribution < 1.29 is 38.6 Å². The van der Waals surface area contributed by atoms with Gasteiger partial charge in [0, 0.05) is 31.6 Å². The molecule has 43 heavy (non-hydrogen) atoms. The molecule has 0 radical (unpaired) electrons. The number of ether oxygens (including phenoxy) is 2. The van der Waals surface area contributed by atoms with E-state index in [9.17, 15) is 24.0 Å². The Morgan fingerprint density at radius 1 is 1.14 bits per heavy atom. The monoisotopic (exact) mass is 599 g/mol. The highest BCUT2D eigenvalue weighted by atomic mass is 16.5. The number of rotatable bonds is 14. The minimum absolute atomic E-state index is 0.0641. The molecule has 232 valence electrons. The predicted molar refractivity (Wildman–Crippen MR) is 151 cm³/mol. The fraction of sp³-hybridized carbons (Fsp3) is 0.536. The van der Waals surface area contributed by atoms with Gasteiger partial charge in [-0.3, -0.25) is 29.4 Å². The SMILES string of the molecule is CC(C)(C)C(CNC(=O)O)OCCOCCn1nncc1CCNc1ccc2c(c1)C(=O)N(C1CCC(=O)NC1=O)C2=O. The number of amides is 5. The van der Waals surface area contributed by atoms with E-state index in [0.717, 1.165) is 10.6 Å². The van der Waals surface area contributed by atoms with E-state index in [-0.39, 0.29) is 42.0 Å². The topological polar surface area (TPSA) is 194 Å². The second-order valence-electron chi connectivity index (χ2n) is 11.4. The van der Waals surface area contributed by atoms with E-state index in [1.165, 1.54) is 0 Å². The van der Waals surface area contributed by atoms with Crippen LogP contribution < -0.4 is 16.0 Å². The molecule has 2 atom stereocenters. The van der Waals surface area contributed by atoms with Gasteiger partial charge in [-0.1, -0.05) is 26.0 Å². The Morgan fingerprint density at radius 2 is 1.91 bits per heavy atom. The Balaban J connectivity index is 1.21. The van der Waals surface area contributed by atoms with E-state index < -0.39 is 35.8 Å². The van der Waals surface area contributed by atoms with Crippen LogP contribution in [0.15, 0.2) is 24.4 Å². The van der Waals surface area contributed by atoms with Gasteiger partial charge in [0.25, 0.3) is 11.8 Å². The largest absolute Gasteiger partial charge is 0.465 e. The van der Waals surface area contributed by atoms with Crippen molar-refractivity contribution in [1.82, 2.24) is 30.5 Å². The minimum Gasteiger partial charge on any atom is -0.465 e. The van der Waals surface area contributed by atoms with Crippen LogP contribution in [0.2, 0.25) is 0 Å². The number of carboxylic acid groups (broad SMARTS) is 1. The second kappa shape index (κ2) is 13.7. The third-order valence-electron chi connectivity index (χ3n) is 7.25. The summed E-state index contributed by atoms with van der Waals surface area (Å²) in [5.41, 5.74) is 1.70. The minimum atomic E-state index is -1.09. The number of anilines is 1. The average Bonchev–Trinajstić information content (AvgIpc) is 3.48. The van der Waals surface area contributed by atoms with Gasteiger partial charge in [0.2, 0.25) is 11.8 Å². The molecule has 5 amide bonds. The lowest BCUT2D eigenvalue weighted by molar-refractivity contribution is -0.136. The molecule has 2 aliphatic rings. The van der Waals surface area contributed by atoms with Crippen molar-refractivity contribution in [2.45, 2.75) is 58.7 Å². The fourth-order valence-electron chi connectivity index (χ4n) is 4.87. The highest BCUT2D eigenvalue weighted by Crippen LogP contribution is 2.29. The number of carbonyl (C=O) groups excluding carboxylic acids is 4. The van der Waals surface area contributed by atoms with E-state index in [1.54, 1.807) is 29.1 Å². The molecule has 0 bridgehead atoms. The van der Waals surface area contributed by atoms with Crippen LogP contribution in [0.4, 0.5) is 10.5 Å². The molecule has 1 saturated heterocycles. The molecule has 4 rings (SSSR count). The van der Waals surface area contributed by atoms with Crippen molar-refractivity contribution >= 4 is 35.4 Å². The summed E-state index contributed by atoms with van der Waals surface area (Å²) in [6, 6.07) is 3.84. The third-order valence-corrected chi connectivity index (χ3v) is 7.25. The molecule has 1 aromatic carbocycles. The van der Waals surface area contributed by atoms with Crippen LogP contribution in [0.5, 0.6) is 0 Å². The Hall–Kier alpha value is -4.37. The van der Waals surface area contributed by atoms with Gasteiger partial charge in [-0.25, -0.2) is 9.48 Å². The van der Waals surface area contributed by atoms with Crippen LogP contribution in [0.1, 0.15) is 60.0 Å². The van der Waals surface area contributed by atoms with Gasteiger partial charge < -0.3 is 25.2 Å². The first-order valence-corrected chi connectivity index (χ1v) is 14.1. The van der Waals surface area contributed by atoms with E-state index in [1.807, 2.05) is 20.8 Å². The highest BCUT2D eigenvalue weighted by Gasteiger charge is 2.44. The Morgan fingerprint density at radius 3 is 2.63 bits per heavy atom. The Labute approximate surface area is 248 Å². The smallest absolute Gasteiger partial charge is 0.404 e. The molecule has 15 heteroatoms. The number of piperidine rings is 1. The predicted octanol–water partition coefficient (Wildman–Crippen LogP) is 1.05. The Kier molecular flexibility index (Phi) is 10.1. The maximum atomic E-state index is 13.0. The van der Waals surface area contributed by atoms with Gasteiger partial charge >= 0.3 is 6.09 Å². The third kappa shape index (κ3) is 7.93. The molecule has 4 N–H and O–H groups in total. The summed E-state index contributed by atoms with van der Waals surface area (Å²) in [6.07, 6.45) is 1.02. The second-order valence-corrected chi connectivity index (χ2v) is 11.4. The van der Waals surface area contributed by atoms with Crippen molar-refractivity contribution in [2.24, 2.45) is 5.41 Å². The lowest BCUT2D eigenvalue weighted by Gasteiger charge is -2.30. The number of imide groups is 2. The van der Waals surface area contributed by atoms with Gasteiger partial charge in [-0.2, -0.15) is 0 Å². The van der Waals surface area contributed by atoms with Crippen LogP contribution in [0.25, 0.3) is 0 Å². The number of hydrogen-bond donors (Lipinski definition) is 4. The maximum Gasteiger partial charge on any atom is 0.404 e. The lowest BCUT2D eigenvalue weighted by atomic mass is 9.89. The van der Waals surface area contributed by atoms with E-state index >= 15 is 0 Å². The summed E-state index contributed by atoms with van der Waals surface area (Å²) in [5, 5.41) is 24.7. The summed E-state index contributed by atoms with van der Waals surface area (Å²) in [6.45, 7) is 8.13. The molecule has 2 aromatic rings. The molecule has 1 aromatic heterocycles. The fourth-order valence-corrected chi connectivity index (χ4v) is 4.87. The van der Waals surface area contributed by atoms with Gasteiger partial charge in [-0.05, 0) is 30.0 Å². The zero-order valence-corrected chi connectivity index (χ0v) is 24.4. The lowest BCUT2D eigenvalue weighted by Crippen LogP contribution is -2.54. The van der Waals surface area contributed by atoms with Crippen LogP contribution in [-0.4, -0.2) is 99.8 Å². The zero-order chi connectivity index (χ0) is 31.1. The molecular weight excluding hydrogens is 562 g/mol. The van der Waals surface area contributed by atoms with Crippen molar-refractivity contribution in [3.05, 3.63) is 41.2 Å². The Bertz CT molecular complexity index is 1370. The van der Waals surface area contributed by atoms with Crippen molar-refractivity contribution in [3.63, 3.8) is 0 Å². The first-order chi connectivity index (χ1) is 20.5. The first kappa shape index (κ1) is 31.6. The first-order valence-electron chi connectivity index (χ1n) is 14.1. The van der Waals surface area contributed by atoms with Crippen LogP contribution in [-0.2, 0) is 32.0 Å². The normalized spacial score (nSPS) is 17.6. The number of nitrogens with one attached hydrogen (secondary N) is 3. The van der Waals surface area contributed by atoms with Crippen LogP contribution >= 0.6 is 0 Å². The van der Waals surface area contributed by atoms with E-state index in [0.29, 0.717) is 45.0 Å². The summed E-state index contributed by atoms with van der Waals surface area (Å²) < 4.78 is 13.2. The number of fused-ring (bicyclic) bond motifs is 1. The number of aromatic nitrogens is 3. The average molecular weight is 600 g/mol. The molecule has 2 aliphatic heterocycles. The molecule has 1 fully saturated rings. The highest BCUT2D eigenvalue weighted by molar-refractivity contribution is 6.23. The molecule has 0 spiro atoms. The summed E-state index contributed by atoms with van der Waals surface area (Å²) >= 11 is 0. The molecule has 2 unspecified atom stereocenters. The van der Waals surface area contributed by atoms with Gasteiger partial charge in [0.05, 0.1) is 55.5 Å². The quantitative estimate of drug-likeness (QED) is 0.179. The summed E-state index contributed by atoms with van der Waals surface area (Å²) in [7, 11) is 0. The molecule has 0 aliphatic carbocycles. The van der Waals surface area contributed by atoms with Gasteiger partial charge in [0.15, 0.2) is 0 Å². The van der Waals surface area contributed by atoms with Gasteiger partial charge in [-0.15, -0.1) is 5.10 Å². The summed E-state index contributed by atoms with van der Waals surface area (Å²) in [5.74, 6) is -2.17. The maximum absolute atomic E-state index is 13.0. The van der Waals surface area contributed by atoms with Crippen molar-refractivity contribution in [2.75, 3.05) is 38.2 Å². The number of benzene rings is 1. The van der Waals surface area contributed by atoms with E-state index in [2.05, 4.69) is 26.3 Å². The molecule has 3 heterocycles. The summed E-state index contributed by atoms with van der Waals surface area (Å²) in [4.78, 5) is 61.4. The molecule has 0 saturated carbocycles. The van der Waals surface area contributed by atoms with Gasteiger partial charge in [0.1, 0.15) is 6.04 Å².